The minimum absolute atomic E-state index is 0.0480. The smallest absolute Gasteiger partial charge is 0.326 e. The van der Waals surface area contributed by atoms with Gasteiger partial charge in [0.05, 0.1) is 7.11 Å². The van der Waals surface area contributed by atoms with Crippen LogP contribution in [0.25, 0.3) is 0 Å². The Hall–Kier alpha value is -0.610. The van der Waals surface area contributed by atoms with Crippen LogP contribution in [-0.4, -0.2) is 49.2 Å². The molecule has 3 fully saturated rings. The van der Waals surface area contributed by atoms with E-state index < -0.39 is 5.54 Å². The Morgan fingerprint density at radius 2 is 1.89 bits per heavy atom. The first-order chi connectivity index (χ1) is 8.64. The van der Waals surface area contributed by atoms with Gasteiger partial charge in [-0.05, 0) is 58.0 Å². The molecule has 0 radical (unpaired) electrons. The number of piperidine rings is 1. The number of ether oxygens (including phenoxy) is 1. The fourth-order valence-electron chi connectivity index (χ4n) is 3.71. The average Bonchev–Trinajstić information content (AvgIpc) is 3.17. The van der Waals surface area contributed by atoms with Gasteiger partial charge in [0.1, 0.15) is 5.54 Å². The Kier molecular flexibility index (Phi) is 3.10. The molecule has 102 valence electrons. The molecule has 2 atom stereocenters. The number of esters is 1. The van der Waals surface area contributed by atoms with E-state index in [0.717, 1.165) is 25.3 Å². The summed E-state index contributed by atoms with van der Waals surface area (Å²) in [4.78, 5) is 14.7. The van der Waals surface area contributed by atoms with Crippen molar-refractivity contribution < 1.29 is 9.53 Å². The van der Waals surface area contributed by atoms with Crippen molar-refractivity contribution in [1.29, 1.82) is 0 Å². The standard InChI is InChI=1S/C14H24N2O2/c1-16-11-5-6-12(16)8-14(7-11,13(17)18-2)15-9-10-3-4-10/h10-12,15H,3-9H2,1-2H3. The number of carbonyl (C=O) groups is 1. The molecule has 0 amide bonds. The maximum absolute atomic E-state index is 12.2. The third kappa shape index (κ3) is 2.05. The predicted octanol–water partition coefficient (Wildman–Crippen LogP) is 1.15. The number of fused-ring (bicyclic) bond motifs is 2. The summed E-state index contributed by atoms with van der Waals surface area (Å²) in [5.74, 6) is 0.747. The van der Waals surface area contributed by atoms with Gasteiger partial charge in [-0.1, -0.05) is 0 Å². The minimum Gasteiger partial charge on any atom is -0.468 e. The van der Waals surface area contributed by atoms with E-state index in [4.69, 9.17) is 4.74 Å². The second-order valence-electron chi connectivity index (χ2n) is 6.36. The predicted molar refractivity (Wildman–Crippen MR) is 69.3 cm³/mol. The monoisotopic (exact) mass is 252 g/mol. The first-order valence-corrected chi connectivity index (χ1v) is 7.20. The van der Waals surface area contributed by atoms with Crippen LogP contribution in [0.4, 0.5) is 0 Å². The maximum Gasteiger partial charge on any atom is 0.326 e. The van der Waals surface area contributed by atoms with Gasteiger partial charge in [-0.25, -0.2) is 0 Å². The molecule has 2 aliphatic heterocycles. The van der Waals surface area contributed by atoms with E-state index >= 15 is 0 Å². The van der Waals surface area contributed by atoms with Crippen LogP contribution in [0.2, 0.25) is 0 Å². The van der Waals surface area contributed by atoms with Gasteiger partial charge in [-0.15, -0.1) is 0 Å². The van der Waals surface area contributed by atoms with E-state index in [1.165, 1.54) is 32.8 Å². The van der Waals surface area contributed by atoms with Gasteiger partial charge in [0, 0.05) is 12.1 Å². The van der Waals surface area contributed by atoms with Crippen molar-refractivity contribution in [2.45, 2.75) is 56.1 Å². The molecule has 0 aromatic carbocycles. The number of hydrogen-bond donors (Lipinski definition) is 1. The van der Waals surface area contributed by atoms with E-state index in [0.29, 0.717) is 12.1 Å². The van der Waals surface area contributed by atoms with Crippen molar-refractivity contribution in [3.8, 4) is 0 Å². The highest BCUT2D eigenvalue weighted by Crippen LogP contribution is 2.41. The average molecular weight is 252 g/mol. The summed E-state index contributed by atoms with van der Waals surface area (Å²) in [7, 11) is 3.72. The number of nitrogens with one attached hydrogen (secondary N) is 1. The molecule has 1 N–H and O–H groups in total. The lowest BCUT2D eigenvalue weighted by molar-refractivity contribution is -0.152. The summed E-state index contributed by atoms with van der Waals surface area (Å²) in [6, 6.07) is 1.10. The van der Waals surface area contributed by atoms with Gasteiger partial charge in [0.15, 0.2) is 0 Å². The first-order valence-electron chi connectivity index (χ1n) is 7.20. The Morgan fingerprint density at radius 1 is 1.28 bits per heavy atom. The molecule has 1 aliphatic carbocycles. The molecule has 18 heavy (non-hydrogen) atoms. The normalized spacial score (nSPS) is 39.9. The molecule has 4 nitrogen and oxygen atoms in total. The molecule has 0 spiro atoms. The van der Waals surface area contributed by atoms with Crippen LogP contribution in [-0.2, 0) is 9.53 Å². The largest absolute Gasteiger partial charge is 0.468 e. The van der Waals surface area contributed by atoms with E-state index in [1.807, 2.05) is 0 Å². The summed E-state index contributed by atoms with van der Waals surface area (Å²) in [5, 5.41) is 3.57. The number of methoxy groups -OCH3 is 1. The number of hydrogen-bond acceptors (Lipinski definition) is 4. The summed E-state index contributed by atoms with van der Waals surface area (Å²) < 4.78 is 5.09. The van der Waals surface area contributed by atoms with Gasteiger partial charge in [-0.3, -0.25) is 4.79 Å². The number of nitrogens with zero attached hydrogens (tertiary/aromatic N) is 1. The first kappa shape index (κ1) is 12.4. The Morgan fingerprint density at radius 3 is 2.39 bits per heavy atom. The molecular weight excluding hydrogens is 228 g/mol. The van der Waals surface area contributed by atoms with Gasteiger partial charge >= 0.3 is 5.97 Å². The second-order valence-corrected chi connectivity index (χ2v) is 6.36. The van der Waals surface area contributed by atoms with Crippen LogP contribution < -0.4 is 5.32 Å². The molecule has 3 aliphatic rings. The Bertz CT molecular complexity index is 327. The lowest BCUT2D eigenvalue weighted by Crippen LogP contribution is -2.61. The molecule has 1 saturated carbocycles. The molecule has 2 unspecified atom stereocenters. The molecule has 2 saturated heterocycles. The van der Waals surface area contributed by atoms with Gasteiger partial charge < -0.3 is 15.0 Å². The second kappa shape index (κ2) is 4.49. The Labute approximate surface area is 109 Å². The molecule has 2 bridgehead atoms. The number of rotatable bonds is 4. The molecular formula is C14H24N2O2. The van der Waals surface area contributed by atoms with Crippen molar-refractivity contribution in [3.63, 3.8) is 0 Å². The van der Waals surface area contributed by atoms with Crippen LogP contribution in [0.5, 0.6) is 0 Å². The zero-order valence-electron chi connectivity index (χ0n) is 11.4. The van der Waals surface area contributed by atoms with E-state index in [2.05, 4.69) is 17.3 Å². The van der Waals surface area contributed by atoms with Crippen molar-refractivity contribution in [2.75, 3.05) is 20.7 Å². The van der Waals surface area contributed by atoms with Crippen LogP contribution in [0.1, 0.15) is 38.5 Å². The Balaban J connectivity index is 1.75. The highest BCUT2D eigenvalue weighted by molar-refractivity contribution is 5.81. The van der Waals surface area contributed by atoms with E-state index in [9.17, 15) is 4.79 Å². The van der Waals surface area contributed by atoms with Crippen LogP contribution >= 0.6 is 0 Å². The summed E-state index contributed by atoms with van der Waals surface area (Å²) >= 11 is 0. The van der Waals surface area contributed by atoms with Crippen molar-refractivity contribution >= 4 is 5.97 Å². The van der Waals surface area contributed by atoms with Gasteiger partial charge in [0.25, 0.3) is 0 Å². The fraction of sp³-hybridized carbons (Fsp3) is 0.929. The fourth-order valence-corrected chi connectivity index (χ4v) is 3.71. The van der Waals surface area contributed by atoms with Crippen LogP contribution in [0.3, 0.4) is 0 Å². The van der Waals surface area contributed by atoms with Gasteiger partial charge in [0.2, 0.25) is 0 Å². The lowest BCUT2D eigenvalue weighted by Gasteiger charge is -2.44. The summed E-state index contributed by atoms with van der Waals surface area (Å²) in [5.41, 5.74) is -0.407. The minimum atomic E-state index is -0.407. The highest BCUT2D eigenvalue weighted by atomic mass is 16.5. The third-order valence-electron chi connectivity index (χ3n) is 5.16. The molecule has 3 rings (SSSR count). The van der Waals surface area contributed by atoms with Gasteiger partial charge in [-0.2, -0.15) is 0 Å². The molecule has 0 aromatic rings. The highest BCUT2D eigenvalue weighted by Gasteiger charge is 2.51. The van der Waals surface area contributed by atoms with Crippen molar-refractivity contribution in [1.82, 2.24) is 10.2 Å². The lowest BCUT2D eigenvalue weighted by atomic mass is 9.82. The maximum atomic E-state index is 12.2. The summed E-state index contributed by atoms with van der Waals surface area (Å²) in [6.45, 7) is 0.984. The van der Waals surface area contributed by atoms with Crippen LogP contribution in [0.15, 0.2) is 0 Å². The molecule has 4 heteroatoms. The van der Waals surface area contributed by atoms with Crippen molar-refractivity contribution in [3.05, 3.63) is 0 Å². The SMILES string of the molecule is COC(=O)C1(NCC2CC2)CC2CCC(C1)N2C. The topological polar surface area (TPSA) is 41.6 Å². The number of carbonyl (C=O) groups excluding carboxylic acids is 1. The van der Waals surface area contributed by atoms with E-state index in [1.54, 1.807) is 0 Å². The molecule has 0 aromatic heterocycles. The van der Waals surface area contributed by atoms with Crippen molar-refractivity contribution in [2.24, 2.45) is 5.92 Å². The zero-order valence-corrected chi connectivity index (χ0v) is 11.4. The van der Waals surface area contributed by atoms with Crippen LogP contribution in [0, 0.1) is 5.92 Å². The summed E-state index contributed by atoms with van der Waals surface area (Å²) in [6.07, 6.45) is 6.92. The third-order valence-corrected chi connectivity index (χ3v) is 5.16. The van der Waals surface area contributed by atoms with E-state index in [-0.39, 0.29) is 5.97 Å². The zero-order chi connectivity index (χ0) is 12.8. The molecule has 2 heterocycles. The quantitative estimate of drug-likeness (QED) is 0.762.